The Morgan fingerprint density at radius 3 is 2.48 bits per heavy atom. The zero-order valence-corrected chi connectivity index (χ0v) is 14.3. The van der Waals surface area contributed by atoms with Gasteiger partial charge in [-0.15, -0.1) is 5.10 Å². The highest BCUT2D eigenvalue weighted by atomic mass is 16.2. The molecule has 9 heteroatoms. The number of aromatic nitrogens is 4. The first-order valence-corrected chi connectivity index (χ1v) is 8.07. The van der Waals surface area contributed by atoms with Crippen molar-refractivity contribution in [2.24, 2.45) is 0 Å². The first kappa shape index (κ1) is 16.9. The molecule has 2 aromatic heterocycles. The van der Waals surface area contributed by atoms with Crippen molar-refractivity contribution in [3.8, 4) is 5.82 Å². The summed E-state index contributed by atoms with van der Waals surface area (Å²) in [6.45, 7) is 5.57. The summed E-state index contributed by atoms with van der Waals surface area (Å²) < 4.78 is 2.79. The van der Waals surface area contributed by atoms with Gasteiger partial charge in [-0.05, 0) is 26.0 Å². The van der Waals surface area contributed by atoms with Gasteiger partial charge in [-0.2, -0.15) is 5.10 Å². The predicted octanol–water partition coefficient (Wildman–Crippen LogP) is -0.654. The Balaban J connectivity index is 1.77. The molecule has 1 fully saturated rings. The van der Waals surface area contributed by atoms with E-state index in [1.807, 2.05) is 19.9 Å². The molecule has 0 spiro atoms. The summed E-state index contributed by atoms with van der Waals surface area (Å²) in [4.78, 5) is 38.5. The molecule has 3 heterocycles. The van der Waals surface area contributed by atoms with E-state index in [4.69, 9.17) is 0 Å². The molecule has 0 aromatic carbocycles. The van der Waals surface area contributed by atoms with Crippen LogP contribution in [0.3, 0.4) is 0 Å². The van der Waals surface area contributed by atoms with E-state index in [0.717, 1.165) is 22.5 Å². The maximum atomic E-state index is 12.4. The zero-order valence-electron chi connectivity index (χ0n) is 14.3. The molecule has 0 atom stereocenters. The minimum Gasteiger partial charge on any atom is -0.342 e. The Kier molecular flexibility index (Phi) is 4.64. The summed E-state index contributed by atoms with van der Waals surface area (Å²) in [6.07, 6.45) is 0.783. The number of amides is 2. The smallest absolute Gasteiger partial charge is 0.267 e. The highest BCUT2D eigenvalue weighted by Crippen LogP contribution is 2.08. The van der Waals surface area contributed by atoms with Crippen LogP contribution in [0.5, 0.6) is 0 Å². The highest BCUT2D eigenvalue weighted by Gasteiger charge is 2.21. The van der Waals surface area contributed by atoms with Crippen LogP contribution in [-0.4, -0.2) is 67.9 Å². The molecule has 2 amide bonds. The lowest BCUT2D eigenvalue weighted by molar-refractivity contribution is -0.135. The molecular formula is C16H20N6O3. The molecule has 132 valence electrons. The fraction of sp³-hybridized carbons (Fsp3) is 0.438. The molecule has 1 aliphatic heterocycles. The third-order valence-electron chi connectivity index (χ3n) is 4.18. The normalized spacial score (nSPS) is 14.6. The van der Waals surface area contributed by atoms with Gasteiger partial charge in [0.1, 0.15) is 6.54 Å². The largest absolute Gasteiger partial charge is 0.342 e. The van der Waals surface area contributed by atoms with Crippen LogP contribution >= 0.6 is 0 Å². The van der Waals surface area contributed by atoms with Crippen molar-refractivity contribution in [3.05, 3.63) is 39.9 Å². The van der Waals surface area contributed by atoms with Crippen LogP contribution in [0.15, 0.2) is 23.0 Å². The number of nitrogens with zero attached hydrogens (tertiary/aromatic N) is 6. The number of carbonyl (C=O) groups excluding carboxylic acids is 2. The lowest BCUT2D eigenvalue weighted by Crippen LogP contribution is -2.49. The van der Waals surface area contributed by atoms with Crippen molar-refractivity contribution in [2.75, 3.05) is 26.2 Å². The Morgan fingerprint density at radius 2 is 1.88 bits per heavy atom. The quantitative estimate of drug-likeness (QED) is 0.687. The first-order valence-electron chi connectivity index (χ1n) is 8.07. The van der Waals surface area contributed by atoms with Crippen molar-refractivity contribution in [3.63, 3.8) is 0 Å². The number of hydrogen-bond acceptors (Lipinski definition) is 5. The van der Waals surface area contributed by atoms with Crippen molar-refractivity contribution < 1.29 is 9.59 Å². The van der Waals surface area contributed by atoms with Crippen LogP contribution in [0.25, 0.3) is 5.82 Å². The predicted molar refractivity (Wildman–Crippen MR) is 89.3 cm³/mol. The molecule has 25 heavy (non-hydrogen) atoms. The van der Waals surface area contributed by atoms with Crippen molar-refractivity contribution in [2.45, 2.75) is 20.4 Å². The summed E-state index contributed by atoms with van der Waals surface area (Å²) in [5.74, 6) is 0.300. The van der Waals surface area contributed by atoms with Gasteiger partial charge in [-0.1, -0.05) is 0 Å². The summed E-state index contributed by atoms with van der Waals surface area (Å²) in [6, 6.07) is 4.89. The standard InChI is InChI=1S/C16H20N6O3/c1-12-9-13(2)22(17-12)14-3-4-15(24)21(18-14)10-16(25)20-7-5-19(11-23)6-8-20/h3-4,9,11H,5-8,10H2,1-2H3. The van der Waals surface area contributed by atoms with E-state index in [2.05, 4.69) is 10.2 Å². The van der Waals surface area contributed by atoms with Gasteiger partial charge in [-0.25, -0.2) is 9.36 Å². The van der Waals surface area contributed by atoms with E-state index in [0.29, 0.717) is 32.0 Å². The van der Waals surface area contributed by atoms with Gasteiger partial charge in [-0.3, -0.25) is 14.4 Å². The topological polar surface area (TPSA) is 93.3 Å². The monoisotopic (exact) mass is 344 g/mol. The van der Waals surface area contributed by atoms with Crippen LogP contribution in [0, 0.1) is 13.8 Å². The molecule has 9 nitrogen and oxygen atoms in total. The Hall–Kier alpha value is -2.97. The second-order valence-corrected chi connectivity index (χ2v) is 6.05. The van der Waals surface area contributed by atoms with Crippen LogP contribution in [0.2, 0.25) is 0 Å². The van der Waals surface area contributed by atoms with Gasteiger partial charge < -0.3 is 9.80 Å². The van der Waals surface area contributed by atoms with E-state index in [-0.39, 0.29) is 18.0 Å². The molecule has 1 aliphatic rings. The molecule has 0 saturated carbocycles. The minimum atomic E-state index is -0.342. The Bertz CT molecular complexity index is 848. The number of piperazine rings is 1. The lowest BCUT2D eigenvalue weighted by atomic mass is 10.3. The van der Waals surface area contributed by atoms with E-state index in [1.54, 1.807) is 20.5 Å². The van der Waals surface area contributed by atoms with Crippen LogP contribution in [0.4, 0.5) is 0 Å². The zero-order chi connectivity index (χ0) is 18.0. The first-order chi connectivity index (χ1) is 12.0. The van der Waals surface area contributed by atoms with Gasteiger partial charge >= 0.3 is 0 Å². The number of rotatable bonds is 4. The maximum absolute atomic E-state index is 12.4. The second kappa shape index (κ2) is 6.88. The second-order valence-electron chi connectivity index (χ2n) is 6.05. The van der Waals surface area contributed by atoms with Gasteiger partial charge in [0, 0.05) is 37.9 Å². The molecular weight excluding hydrogens is 324 g/mol. The molecule has 0 unspecified atom stereocenters. The molecule has 0 bridgehead atoms. The van der Waals surface area contributed by atoms with Gasteiger partial charge in [0.25, 0.3) is 5.56 Å². The third-order valence-corrected chi connectivity index (χ3v) is 4.18. The Morgan fingerprint density at radius 1 is 1.16 bits per heavy atom. The van der Waals surface area contributed by atoms with E-state index in [1.165, 1.54) is 6.07 Å². The highest BCUT2D eigenvalue weighted by molar-refractivity contribution is 5.76. The van der Waals surface area contributed by atoms with Crippen LogP contribution in [-0.2, 0) is 16.1 Å². The van der Waals surface area contributed by atoms with Crippen molar-refractivity contribution in [1.29, 1.82) is 0 Å². The van der Waals surface area contributed by atoms with E-state index < -0.39 is 0 Å². The molecule has 1 saturated heterocycles. The van der Waals surface area contributed by atoms with Crippen molar-refractivity contribution in [1.82, 2.24) is 29.4 Å². The fourth-order valence-corrected chi connectivity index (χ4v) is 2.83. The maximum Gasteiger partial charge on any atom is 0.267 e. The van der Waals surface area contributed by atoms with Gasteiger partial charge in [0.15, 0.2) is 5.82 Å². The fourth-order valence-electron chi connectivity index (χ4n) is 2.83. The van der Waals surface area contributed by atoms with Gasteiger partial charge in [0.2, 0.25) is 12.3 Å². The Labute approximate surface area is 144 Å². The summed E-state index contributed by atoms with van der Waals surface area (Å²) in [5.41, 5.74) is 1.40. The average molecular weight is 344 g/mol. The number of hydrogen-bond donors (Lipinski definition) is 0. The lowest BCUT2D eigenvalue weighted by Gasteiger charge is -2.32. The molecule has 0 radical (unpaired) electrons. The SMILES string of the molecule is Cc1cc(C)n(-c2ccc(=O)n(CC(=O)N3CCN(C=O)CC3)n2)n1. The van der Waals surface area contributed by atoms with Crippen LogP contribution in [0.1, 0.15) is 11.4 Å². The van der Waals surface area contributed by atoms with E-state index in [9.17, 15) is 14.4 Å². The molecule has 0 N–H and O–H groups in total. The molecule has 0 aliphatic carbocycles. The minimum absolute atomic E-state index is 0.132. The van der Waals surface area contributed by atoms with Gasteiger partial charge in [0.05, 0.1) is 5.69 Å². The third kappa shape index (κ3) is 3.59. The summed E-state index contributed by atoms with van der Waals surface area (Å²) >= 11 is 0. The summed E-state index contributed by atoms with van der Waals surface area (Å²) in [7, 11) is 0. The number of aryl methyl sites for hydroxylation is 2. The summed E-state index contributed by atoms with van der Waals surface area (Å²) in [5, 5.41) is 8.62. The number of carbonyl (C=O) groups is 2. The van der Waals surface area contributed by atoms with Crippen LogP contribution < -0.4 is 5.56 Å². The van der Waals surface area contributed by atoms with Crippen molar-refractivity contribution >= 4 is 12.3 Å². The molecule has 2 aromatic rings. The average Bonchev–Trinajstić information content (AvgIpc) is 2.95. The van der Waals surface area contributed by atoms with E-state index >= 15 is 0 Å². The molecule has 3 rings (SSSR count).